The second-order valence-electron chi connectivity index (χ2n) is 7.38. The van der Waals surface area contributed by atoms with Crippen LogP contribution in [-0.4, -0.2) is 61.5 Å². The van der Waals surface area contributed by atoms with E-state index in [0.29, 0.717) is 34.3 Å². The van der Waals surface area contributed by atoms with Crippen LogP contribution in [0.5, 0.6) is 5.75 Å². The van der Waals surface area contributed by atoms with Crippen molar-refractivity contribution in [2.24, 2.45) is 0 Å². The van der Waals surface area contributed by atoms with E-state index in [0.717, 1.165) is 11.8 Å². The number of benzene rings is 2. The molecule has 0 bridgehead atoms. The fourth-order valence-electron chi connectivity index (χ4n) is 3.47. The van der Waals surface area contributed by atoms with Crippen molar-refractivity contribution in [2.75, 3.05) is 24.7 Å². The van der Waals surface area contributed by atoms with Crippen molar-refractivity contribution in [1.82, 2.24) is 4.90 Å². The highest BCUT2D eigenvalue weighted by molar-refractivity contribution is 7.91. The van der Waals surface area contributed by atoms with E-state index in [1.807, 2.05) is 4.90 Å². The van der Waals surface area contributed by atoms with Gasteiger partial charge < -0.3 is 9.84 Å². The molecule has 0 radical (unpaired) electrons. The Morgan fingerprint density at radius 1 is 1.23 bits per heavy atom. The molecular weight excluding hydrogens is 449 g/mol. The molecule has 1 heterocycles. The average molecular weight is 472 g/mol. The lowest BCUT2D eigenvalue weighted by atomic mass is 10.1. The molecule has 9 heteroatoms. The number of carbonyl (C=O) groups is 1. The van der Waals surface area contributed by atoms with E-state index in [-0.39, 0.29) is 30.7 Å². The number of aldehydes is 1. The number of nitrogens with zero attached hydrogens (tertiary/aromatic N) is 1. The zero-order chi connectivity index (χ0) is 21.7. The summed E-state index contributed by atoms with van der Waals surface area (Å²) >= 11 is 12.3. The number of ether oxygens (including phenoxy) is 1. The average Bonchev–Trinajstić information content (AvgIpc) is 3.07. The first kappa shape index (κ1) is 23.0. The Morgan fingerprint density at radius 2 is 2.03 bits per heavy atom. The van der Waals surface area contributed by atoms with E-state index in [1.54, 1.807) is 42.5 Å². The summed E-state index contributed by atoms with van der Waals surface area (Å²) in [6, 6.07) is 11.6. The minimum atomic E-state index is -3.09. The molecular formula is C21H23Cl2NO5S. The van der Waals surface area contributed by atoms with E-state index in [4.69, 9.17) is 27.9 Å². The van der Waals surface area contributed by atoms with Crippen LogP contribution in [0.4, 0.5) is 0 Å². The number of hydrogen-bond acceptors (Lipinski definition) is 6. The molecule has 2 aromatic carbocycles. The van der Waals surface area contributed by atoms with Gasteiger partial charge in [0.15, 0.2) is 9.84 Å². The first-order valence-corrected chi connectivity index (χ1v) is 12.1. The van der Waals surface area contributed by atoms with Crippen LogP contribution in [0.2, 0.25) is 10.0 Å². The van der Waals surface area contributed by atoms with Crippen LogP contribution in [-0.2, 0) is 16.4 Å². The molecule has 0 amide bonds. The highest BCUT2D eigenvalue weighted by Gasteiger charge is 2.33. The quantitative estimate of drug-likeness (QED) is 0.565. The molecule has 6 nitrogen and oxygen atoms in total. The first-order chi connectivity index (χ1) is 14.3. The third-order valence-electron chi connectivity index (χ3n) is 5.00. The molecule has 0 aromatic heterocycles. The molecule has 1 saturated heterocycles. The SMILES string of the molecule is O=Cc1cccc(OCC(O)CN(Cc2ccc(Cl)cc2Cl)C2CCS(=O)(=O)C2)c1. The van der Waals surface area contributed by atoms with Gasteiger partial charge in [-0.05, 0) is 36.2 Å². The lowest BCUT2D eigenvalue weighted by Crippen LogP contribution is -2.42. The van der Waals surface area contributed by atoms with Crippen LogP contribution < -0.4 is 4.74 Å². The maximum absolute atomic E-state index is 12.0. The van der Waals surface area contributed by atoms with Gasteiger partial charge in [-0.1, -0.05) is 41.4 Å². The summed E-state index contributed by atoms with van der Waals surface area (Å²) < 4.78 is 29.6. The fourth-order valence-corrected chi connectivity index (χ4v) is 5.70. The molecule has 1 fully saturated rings. The van der Waals surface area contributed by atoms with Crippen molar-refractivity contribution >= 4 is 39.3 Å². The standard InChI is InChI=1S/C21H23Cl2NO5S/c22-17-5-4-16(21(23)9-17)10-24(18-6-7-30(27,28)14-18)11-19(26)13-29-20-3-1-2-15(8-20)12-25/h1-5,8-9,12,18-19,26H,6-7,10-11,13-14H2. The Kier molecular flexibility index (Phi) is 7.76. The summed E-state index contributed by atoms with van der Waals surface area (Å²) in [5.74, 6) is 0.662. The maximum Gasteiger partial charge on any atom is 0.151 e. The number of aliphatic hydroxyl groups is 1. The zero-order valence-corrected chi connectivity index (χ0v) is 18.5. The minimum absolute atomic E-state index is 0.00658. The predicted octanol–water partition coefficient (Wildman–Crippen LogP) is 3.23. The number of sulfone groups is 1. The van der Waals surface area contributed by atoms with Gasteiger partial charge in [0.05, 0.1) is 11.5 Å². The molecule has 2 atom stereocenters. The van der Waals surface area contributed by atoms with Gasteiger partial charge in [0.1, 0.15) is 24.7 Å². The summed E-state index contributed by atoms with van der Waals surface area (Å²) in [6.07, 6.45) is 0.364. The Bertz CT molecular complexity index is 999. The monoisotopic (exact) mass is 471 g/mol. The van der Waals surface area contributed by atoms with Crippen molar-refractivity contribution in [3.63, 3.8) is 0 Å². The molecule has 2 aromatic rings. The second kappa shape index (κ2) is 10.1. The van der Waals surface area contributed by atoms with Crippen molar-refractivity contribution in [2.45, 2.75) is 25.1 Å². The Morgan fingerprint density at radius 3 is 2.70 bits per heavy atom. The van der Waals surface area contributed by atoms with Crippen LogP contribution in [0.1, 0.15) is 22.3 Å². The Labute approximate surface area is 186 Å². The van der Waals surface area contributed by atoms with Gasteiger partial charge in [0.2, 0.25) is 0 Å². The largest absolute Gasteiger partial charge is 0.491 e. The van der Waals surface area contributed by atoms with Gasteiger partial charge >= 0.3 is 0 Å². The number of carbonyl (C=O) groups excluding carboxylic acids is 1. The summed E-state index contributed by atoms with van der Waals surface area (Å²) in [5, 5.41) is 11.6. The van der Waals surface area contributed by atoms with Crippen molar-refractivity contribution in [3.05, 3.63) is 63.6 Å². The summed E-state index contributed by atoms with van der Waals surface area (Å²) in [5.41, 5.74) is 1.29. The van der Waals surface area contributed by atoms with E-state index in [1.165, 1.54) is 0 Å². The number of halogens is 2. The van der Waals surface area contributed by atoms with Crippen LogP contribution >= 0.6 is 23.2 Å². The molecule has 1 N–H and O–H groups in total. The predicted molar refractivity (Wildman–Crippen MR) is 117 cm³/mol. The normalized spacial score (nSPS) is 19.0. The summed E-state index contributed by atoms with van der Waals surface area (Å²) in [4.78, 5) is 12.8. The molecule has 0 saturated carbocycles. The molecule has 162 valence electrons. The topological polar surface area (TPSA) is 83.9 Å². The Hall–Kier alpha value is -1.64. The highest BCUT2D eigenvalue weighted by Crippen LogP contribution is 2.26. The van der Waals surface area contributed by atoms with Gasteiger partial charge in [-0.3, -0.25) is 9.69 Å². The minimum Gasteiger partial charge on any atom is -0.491 e. The number of rotatable bonds is 9. The van der Waals surface area contributed by atoms with Gasteiger partial charge in [0, 0.05) is 34.7 Å². The molecule has 2 unspecified atom stereocenters. The maximum atomic E-state index is 12.0. The third kappa shape index (κ3) is 6.43. The van der Waals surface area contributed by atoms with Crippen molar-refractivity contribution in [1.29, 1.82) is 0 Å². The van der Waals surface area contributed by atoms with Crippen LogP contribution in [0.15, 0.2) is 42.5 Å². The van der Waals surface area contributed by atoms with Crippen LogP contribution in [0.25, 0.3) is 0 Å². The van der Waals surface area contributed by atoms with E-state index in [9.17, 15) is 18.3 Å². The lowest BCUT2D eigenvalue weighted by Gasteiger charge is -2.30. The van der Waals surface area contributed by atoms with Crippen molar-refractivity contribution < 1.29 is 23.1 Å². The number of aliphatic hydroxyl groups excluding tert-OH is 1. The van der Waals surface area contributed by atoms with Gasteiger partial charge in [-0.15, -0.1) is 0 Å². The third-order valence-corrected chi connectivity index (χ3v) is 7.33. The van der Waals surface area contributed by atoms with Gasteiger partial charge in [-0.2, -0.15) is 0 Å². The Balaban J connectivity index is 1.68. The van der Waals surface area contributed by atoms with E-state index < -0.39 is 15.9 Å². The zero-order valence-electron chi connectivity index (χ0n) is 16.2. The molecule has 30 heavy (non-hydrogen) atoms. The second-order valence-corrected chi connectivity index (χ2v) is 10.4. The van der Waals surface area contributed by atoms with Crippen molar-refractivity contribution in [3.8, 4) is 5.75 Å². The van der Waals surface area contributed by atoms with E-state index >= 15 is 0 Å². The molecule has 0 aliphatic carbocycles. The molecule has 3 rings (SSSR count). The fraction of sp³-hybridized carbons (Fsp3) is 0.381. The summed E-state index contributed by atoms with van der Waals surface area (Å²) in [6.45, 7) is 0.604. The molecule has 0 spiro atoms. The molecule has 1 aliphatic heterocycles. The first-order valence-electron chi connectivity index (χ1n) is 9.50. The number of hydrogen-bond donors (Lipinski definition) is 1. The van der Waals surface area contributed by atoms with Crippen LogP contribution in [0.3, 0.4) is 0 Å². The van der Waals surface area contributed by atoms with E-state index in [2.05, 4.69) is 0 Å². The highest BCUT2D eigenvalue weighted by atomic mass is 35.5. The van der Waals surface area contributed by atoms with Gasteiger partial charge in [0.25, 0.3) is 0 Å². The summed E-state index contributed by atoms with van der Waals surface area (Å²) in [7, 11) is -3.09. The van der Waals surface area contributed by atoms with Gasteiger partial charge in [-0.25, -0.2) is 8.42 Å². The van der Waals surface area contributed by atoms with Crippen LogP contribution in [0, 0.1) is 0 Å². The smallest absolute Gasteiger partial charge is 0.151 e. The lowest BCUT2D eigenvalue weighted by molar-refractivity contribution is 0.0525. The molecule has 1 aliphatic rings.